The number of allylic oxidation sites excluding steroid dienone is 1. The van der Waals surface area contributed by atoms with E-state index in [2.05, 4.69) is 0 Å². The smallest absolute Gasteiger partial charge is 0.309 e. The average Bonchev–Trinajstić information content (AvgIpc) is 2.51. The van der Waals surface area contributed by atoms with Crippen molar-refractivity contribution in [1.29, 1.82) is 0 Å². The van der Waals surface area contributed by atoms with E-state index >= 15 is 0 Å². The van der Waals surface area contributed by atoms with Crippen LogP contribution in [0.1, 0.15) is 46.5 Å². The summed E-state index contributed by atoms with van der Waals surface area (Å²) in [4.78, 5) is 34.9. The molecule has 1 saturated heterocycles. The summed E-state index contributed by atoms with van der Waals surface area (Å²) in [6.07, 6.45) is 1.74. The van der Waals surface area contributed by atoms with Crippen LogP contribution < -0.4 is 0 Å². The molecule has 0 amide bonds. The molecule has 1 fully saturated rings. The highest BCUT2D eigenvalue weighted by molar-refractivity contribution is 5.97. The Labute approximate surface area is 113 Å². The first kappa shape index (κ1) is 14.0. The Morgan fingerprint density at radius 1 is 1.32 bits per heavy atom. The van der Waals surface area contributed by atoms with Crippen LogP contribution in [0.15, 0.2) is 11.1 Å². The Morgan fingerprint density at radius 3 is 2.63 bits per heavy atom. The number of esters is 1. The monoisotopic (exact) mass is 264 g/mol. The van der Waals surface area contributed by atoms with Gasteiger partial charge in [-0.1, -0.05) is 12.5 Å². The molecule has 0 N–H and O–H groups in total. The Balaban J connectivity index is 2.18. The fourth-order valence-electron chi connectivity index (χ4n) is 3.00. The third-order valence-electron chi connectivity index (χ3n) is 4.27. The number of ketones is 2. The molecule has 0 spiro atoms. The number of hydrogen-bond acceptors (Lipinski definition) is 4. The molecular formula is C15H20O4. The molecule has 0 aromatic carbocycles. The molecule has 0 radical (unpaired) electrons. The molecule has 0 unspecified atom stereocenters. The lowest BCUT2D eigenvalue weighted by atomic mass is 9.87. The second-order valence-electron chi connectivity index (χ2n) is 5.72. The number of fused-ring (bicyclic) bond motifs is 1. The fraction of sp³-hybridized carbons (Fsp3) is 0.667. The topological polar surface area (TPSA) is 60.4 Å². The van der Waals surface area contributed by atoms with Crippen molar-refractivity contribution in [3.8, 4) is 0 Å². The third kappa shape index (κ3) is 2.77. The molecule has 104 valence electrons. The van der Waals surface area contributed by atoms with Gasteiger partial charge in [0.25, 0.3) is 0 Å². The number of Topliss-reactive ketones (excluding diaryl/α,β-unsaturated/α-hetero) is 2. The highest BCUT2D eigenvalue weighted by Crippen LogP contribution is 2.38. The minimum atomic E-state index is -0.200. The van der Waals surface area contributed by atoms with E-state index in [-0.39, 0.29) is 35.5 Å². The lowest BCUT2D eigenvalue weighted by molar-refractivity contribution is -0.143. The molecule has 1 aliphatic carbocycles. The summed E-state index contributed by atoms with van der Waals surface area (Å²) in [7, 11) is 0. The zero-order valence-electron chi connectivity index (χ0n) is 11.7. The highest BCUT2D eigenvalue weighted by atomic mass is 16.6. The van der Waals surface area contributed by atoms with Crippen molar-refractivity contribution >= 4 is 17.5 Å². The molecule has 4 heteroatoms. The van der Waals surface area contributed by atoms with Gasteiger partial charge >= 0.3 is 5.97 Å². The van der Waals surface area contributed by atoms with Crippen molar-refractivity contribution in [3.63, 3.8) is 0 Å². The van der Waals surface area contributed by atoms with Crippen LogP contribution in [0, 0.1) is 11.8 Å². The lowest BCUT2D eigenvalue weighted by Crippen LogP contribution is -2.20. The molecule has 0 aromatic rings. The summed E-state index contributed by atoms with van der Waals surface area (Å²) >= 11 is 0. The molecule has 1 heterocycles. The van der Waals surface area contributed by atoms with Gasteiger partial charge in [-0.2, -0.15) is 0 Å². The van der Waals surface area contributed by atoms with E-state index in [9.17, 15) is 14.4 Å². The minimum Gasteiger partial charge on any atom is -0.461 e. The van der Waals surface area contributed by atoms with E-state index in [1.807, 2.05) is 13.8 Å². The number of carbonyl (C=O) groups excluding carboxylic acids is 3. The highest BCUT2D eigenvalue weighted by Gasteiger charge is 2.44. The van der Waals surface area contributed by atoms with Crippen molar-refractivity contribution in [1.82, 2.24) is 0 Å². The van der Waals surface area contributed by atoms with Gasteiger partial charge in [0.2, 0.25) is 0 Å². The molecular weight excluding hydrogens is 244 g/mol. The van der Waals surface area contributed by atoms with Crippen molar-refractivity contribution in [3.05, 3.63) is 11.1 Å². The molecule has 19 heavy (non-hydrogen) atoms. The summed E-state index contributed by atoms with van der Waals surface area (Å²) in [5.41, 5.74) is 1.74. The first-order valence-corrected chi connectivity index (χ1v) is 6.82. The number of rotatable bonds is 3. The zero-order valence-corrected chi connectivity index (χ0v) is 11.7. The normalized spacial score (nSPS) is 31.0. The van der Waals surface area contributed by atoms with Crippen LogP contribution in [0.4, 0.5) is 0 Å². The van der Waals surface area contributed by atoms with Gasteiger partial charge in [-0.3, -0.25) is 9.59 Å². The number of carbonyl (C=O) groups is 3. The first-order valence-electron chi connectivity index (χ1n) is 6.82. The molecule has 0 bridgehead atoms. The lowest BCUT2D eigenvalue weighted by Gasteiger charge is -2.15. The first-order chi connectivity index (χ1) is 8.90. The van der Waals surface area contributed by atoms with Gasteiger partial charge in [-0.05, 0) is 25.8 Å². The largest absolute Gasteiger partial charge is 0.461 e. The Hall–Kier alpha value is -1.45. The standard InChI is InChI=1S/C15H20O4/c1-8-6-14-12(10(3)15(18)19-14)7-13(17)11(8)5-4-9(2)16/h10,12,14H,4-7H2,1-3H3/t10-,12-,14-/m1/s1. The van der Waals surface area contributed by atoms with E-state index in [1.54, 1.807) is 0 Å². The van der Waals surface area contributed by atoms with Gasteiger partial charge in [0.1, 0.15) is 11.9 Å². The maximum Gasteiger partial charge on any atom is 0.309 e. The average molecular weight is 264 g/mol. The van der Waals surface area contributed by atoms with Crippen LogP contribution in [0.3, 0.4) is 0 Å². The Bertz CT molecular complexity index is 461. The van der Waals surface area contributed by atoms with Gasteiger partial charge in [0, 0.05) is 25.2 Å². The third-order valence-corrected chi connectivity index (χ3v) is 4.27. The SMILES string of the molecule is CC(=O)CCC1=C(C)C[C@H]2OC(=O)[C@H](C)[C@H]2CC1=O. The van der Waals surface area contributed by atoms with Gasteiger partial charge in [0.05, 0.1) is 5.92 Å². The summed E-state index contributed by atoms with van der Waals surface area (Å²) < 4.78 is 5.36. The molecule has 2 aliphatic rings. The van der Waals surface area contributed by atoms with Crippen LogP contribution in [0.5, 0.6) is 0 Å². The fourth-order valence-corrected chi connectivity index (χ4v) is 3.00. The van der Waals surface area contributed by atoms with Crippen molar-refractivity contribution in [2.75, 3.05) is 0 Å². The molecule has 2 rings (SSSR count). The van der Waals surface area contributed by atoms with Crippen LogP contribution >= 0.6 is 0 Å². The molecule has 0 aromatic heterocycles. The summed E-state index contributed by atoms with van der Waals surface area (Å²) in [5.74, 6) is -0.227. The molecule has 4 nitrogen and oxygen atoms in total. The van der Waals surface area contributed by atoms with E-state index in [1.165, 1.54) is 6.92 Å². The predicted octanol–water partition coefficient (Wildman–Crippen LogP) is 2.21. The number of ether oxygens (including phenoxy) is 1. The van der Waals surface area contributed by atoms with E-state index < -0.39 is 0 Å². The van der Waals surface area contributed by atoms with Gasteiger partial charge in [0.15, 0.2) is 5.78 Å². The summed E-state index contributed by atoms with van der Waals surface area (Å²) in [6, 6.07) is 0. The maximum absolute atomic E-state index is 12.3. The van der Waals surface area contributed by atoms with Crippen LogP contribution in [-0.2, 0) is 19.1 Å². The van der Waals surface area contributed by atoms with E-state index in [4.69, 9.17) is 4.74 Å². The van der Waals surface area contributed by atoms with E-state index in [0.29, 0.717) is 25.7 Å². The Kier molecular flexibility index (Phi) is 3.88. The summed E-state index contributed by atoms with van der Waals surface area (Å²) in [6.45, 7) is 5.28. The van der Waals surface area contributed by atoms with E-state index in [0.717, 1.165) is 11.1 Å². The summed E-state index contributed by atoms with van der Waals surface area (Å²) in [5, 5.41) is 0. The molecule has 1 aliphatic heterocycles. The van der Waals surface area contributed by atoms with Crippen molar-refractivity contribution < 1.29 is 19.1 Å². The van der Waals surface area contributed by atoms with Crippen molar-refractivity contribution in [2.45, 2.75) is 52.6 Å². The second-order valence-corrected chi connectivity index (χ2v) is 5.72. The number of hydrogen-bond donors (Lipinski definition) is 0. The molecule has 3 atom stereocenters. The van der Waals surface area contributed by atoms with Gasteiger partial charge < -0.3 is 9.53 Å². The van der Waals surface area contributed by atoms with Crippen LogP contribution in [0.2, 0.25) is 0 Å². The second kappa shape index (κ2) is 5.27. The predicted molar refractivity (Wildman–Crippen MR) is 69.4 cm³/mol. The van der Waals surface area contributed by atoms with Crippen molar-refractivity contribution in [2.24, 2.45) is 11.8 Å². The van der Waals surface area contributed by atoms with Gasteiger partial charge in [-0.25, -0.2) is 0 Å². The van der Waals surface area contributed by atoms with Crippen LogP contribution in [-0.4, -0.2) is 23.6 Å². The zero-order chi connectivity index (χ0) is 14.2. The van der Waals surface area contributed by atoms with Gasteiger partial charge in [-0.15, -0.1) is 0 Å². The quantitative estimate of drug-likeness (QED) is 0.733. The Morgan fingerprint density at radius 2 is 2.00 bits per heavy atom. The minimum absolute atomic E-state index is 0.00946. The maximum atomic E-state index is 12.3. The van der Waals surface area contributed by atoms with Crippen LogP contribution in [0.25, 0.3) is 0 Å². The molecule has 0 saturated carbocycles.